The molecular formula is C18H24N4O3S. The maximum atomic E-state index is 12.4. The molecule has 2 N–H and O–H groups in total. The van der Waals surface area contributed by atoms with Gasteiger partial charge in [-0.05, 0) is 39.8 Å². The molecule has 1 aliphatic rings. The molecule has 3 rings (SSSR count). The molecule has 0 aromatic carbocycles. The van der Waals surface area contributed by atoms with Crippen LogP contribution in [0.1, 0.15) is 37.0 Å². The third-order valence-electron chi connectivity index (χ3n) is 4.05. The van der Waals surface area contributed by atoms with Crippen molar-refractivity contribution in [3.8, 4) is 0 Å². The van der Waals surface area contributed by atoms with Gasteiger partial charge in [0.1, 0.15) is 11.7 Å². The van der Waals surface area contributed by atoms with Crippen LogP contribution in [0.5, 0.6) is 0 Å². The molecule has 1 fully saturated rings. The second kappa shape index (κ2) is 7.30. The van der Waals surface area contributed by atoms with E-state index >= 15 is 0 Å². The van der Waals surface area contributed by atoms with Crippen LogP contribution >= 0.6 is 11.3 Å². The molecule has 8 heteroatoms. The molecule has 2 aromatic rings. The lowest BCUT2D eigenvalue weighted by atomic mass is 10.1. The molecule has 0 bridgehead atoms. The predicted molar refractivity (Wildman–Crippen MR) is 101 cm³/mol. The molecule has 1 amide bonds. The molecule has 2 aromatic heterocycles. The number of hydrogen-bond acceptors (Lipinski definition) is 7. The van der Waals surface area contributed by atoms with Gasteiger partial charge in [0, 0.05) is 23.3 Å². The highest BCUT2D eigenvalue weighted by Gasteiger charge is 2.34. The first-order valence-corrected chi connectivity index (χ1v) is 9.41. The standard InChI is InChI=1S/C18H24N4O3S/c1-11-7-13(21-17-20-12(2)10-26-17)8-14(19-11)15-9-22(5-6-25-15)16(23)18(3,4)24/h7-8,10,15,24H,5-6,9H2,1-4H3,(H,19,20,21)/t15-/m0/s1. The Balaban J connectivity index is 1.78. The zero-order chi connectivity index (χ0) is 18.9. The first-order chi connectivity index (χ1) is 12.2. The summed E-state index contributed by atoms with van der Waals surface area (Å²) in [4.78, 5) is 23.0. The van der Waals surface area contributed by atoms with Crippen molar-refractivity contribution < 1.29 is 14.6 Å². The van der Waals surface area contributed by atoms with Gasteiger partial charge >= 0.3 is 0 Å². The summed E-state index contributed by atoms with van der Waals surface area (Å²) < 4.78 is 5.84. The number of anilines is 2. The first-order valence-electron chi connectivity index (χ1n) is 8.53. The number of thiazole rings is 1. The summed E-state index contributed by atoms with van der Waals surface area (Å²) in [6.45, 7) is 8.13. The minimum absolute atomic E-state index is 0.296. The summed E-state index contributed by atoms with van der Waals surface area (Å²) >= 11 is 1.54. The average Bonchev–Trinajstić information content (AvgIpc) is 2.97. The number of pyridine rings is 1. The Morgan fingerprint density at radius 3 is 2.77 bits per heavy atom. The van der Waals surface area contributed by atoms with E-state index in [9.17, 15) is 9.90 Å². The molecule has 3 heterocycles. The Labute approximate surface area is 157 Å². The van der Waals surface area contributed by atoms with Crippen LogP contribution < -0.4 is 5.32 Å². The van der Waals surface area contributed by atoms with Crippen LogP contribution in [0.2, 0.25) is 0 Å². The van der Waals surface area contributed by atoms with Crippen LogP contribution in [0.3, 0.4) is 0 Å². The summed E-state index contributed by atoms with van der Waals surface area (Å²) in [7, 11) is 0. The zero-order valence-corrected chi connectivity index (χ0v) is 16.3. The minimum Gasteiger partial charge on any atom is -0.381 e. The number of aliphatic hydroxyl groups is 1. The van der Waals surface area contributed by atoms with E-state index in [4.69, 9.17) is 4.74 Å². The number of amides is 1. The Morgan fingerprint density at radius 2 is 2.12 bits per heavy atom. The number of hydrogen-bond donors (Lipinski definition) is 2. The zero-order valence-electron chi connectivity index (χ0n) is 15.4. The monoisotopic (exact) mass is 376 g/mol. The Kier molecular flexibility index (Phi) is 5.27. The lowest BCUT2D eigenvalue weighted by Crippen LogP contribution is -2.50. The number of aromatic nitrogens is 2. The van der Waals surface area contributed by atoms with Crippen molar-refractivity contribution >= 4 is 28.1 Å². The Hall–Kier alpha value is -2.03. The fourth-order valence-corrected chi connectivity index (χ4v) is 3.57. The molecule has 1 aliphatic heterocycles. The molecule has 0 unspecified atom stereocenters. The lowest BCUT2D eigenvalue weighted by Gasteiger charge is -2.35. The highest BCUT2D eigenvalue weighted by atomic mass is 32.1. The predicted octanol–water partition coefficient (Wildman–Crippen LogP) is 2.57. The van der Waals surface area contributed by atoms with Gasteiger partial charge in [-0.25, -0.2) is 4.98 Å². The van der Waals surface area contributed by atoms with Gasteiger partial charge in [0.15, 0.2) is 5.13 Å². The maximum Gasteiger partial charge on any atom is 0.254 e. The second-order valence-electron chi connectivity index (χ2n) is 7.01. The molecule has 0 aliphatic carbocycles. The van der Waals surface area contributed by atoms with Crippen molar-refractivity contribution in [2.75, 3.05) is 25.0 Å². The summed E-state index contributed by atoms with van der Waals surface area (Å²) in [5.41, 5.74) is 2.08. The van der Waals surface area contributed by atoms with Crippen molar-refractivity contribution in [1.29, 1.82) is 0 Å². The summed E-state index contributed by atoms with van der Waals surface area (Å²) in [6.07, 6.45) is -0.325. The molecule has 7 nitrogen and oxygen atoms in total. The van der Waals surface area contributed by atoms with Crippen LogP contribution in [0, 0.1) is 13.8 Å². The van der Waals surface area contributed by atoms with Gasteiger partial charge in [-0.1, -0.05) is 0 Å². The fraction of sp³-hybridized carbons (Fsp3) is 0.500. The smallest absolute Gasteiger partial charge is 0.254 e. The van der Waals surface area contributed by atoms with Crippen molar-refractivity contribution in [2.24, 2.45) is 0 Å². The van der Waals surface area contributed by atoms with Gasteiger partial charge in [0.25, 0.3) is 5.91 Å². The summed E-state index contributed by atoms with van der Waals surface area (Å²) in [6, 6.07) is 3.87. The largest absolute Gasteiger partial charge is 0.381 e. The highest BCUT2D eigenvalue weighted by molar-refractivity contribution is 7.13. The third-order valence-corrected chi connectivity index (χ3v) is 4.93. The molecular weight excluding hydrogens is 352 g/mol. The highest BCUT2D eigenvalue weighted by Crippen LogP contribution is 2.27. The number of rotatable bonds is 4. The van der Waals surface area contributed by atoms with Crippen molar-refractivity contribution in [2.45, 2.75) is 39.4 Å². The van der Waals surface area contributed by atoms with Crippen molar-refractivity contribution in [3.63, 3.8) is 0 Å². The first kappa shape index (κ1) is 18.8. The number of morpholine rings is 1. The van der Waals surface area contributed by atoms with E-state index in [0.29, 0.717) is 19.7 Å². The minimum atomic E-state index is -1.39. The van der Waals surface area contributed by atoms with E-state index < -0.39 is 5.60 Å². The quantitative estimate of drug-likeness (QED) is 0.853. The molecule has 1 saturated heterocycles. The molecule has 26 heavy (non-hydrogen) atoms. The van der Waals surface area contributed by atoms with Gasteiger partial charge in [-0.2, -0.15) is 0 Å². The van der Waals surface area contributed by atoms with E-state index in [1.165, 1.54) is 13.8 Å². The maximum absolute atomic E-state index is 12.4. The SMILES string of the molecule is Cc1cc(Nc2nc(C)cs2)cc([C@@H]2CN(C(=O)C(C)(C)O)CCO2)n1. The molecule has 0 spiro atoms. The lowest BCUT2D eigenvalue weighted by molar-refractivity contribution is -0.155. The summed E-state index contributed by atoms with van der Waals surface area (Å²) in [5, 5.41) is 16.1. The number of nitrogens with one attached hydrogen (secondary N) is 1. The van der Waals surface area contributed by atoms with Crippen LogP contribution in [-0.2, 0) is 9.53 Å². The Morgan fingerprint density at radius 1 is 1.35 bits per heavy atom. The number of carbonyl (C=O) groups is 1. The van der Waals surface area contributed by atoms with E-state index in [-0.39, 0.29) is 12.0 Å². The van der Waals surface area contributed by atoms with Crippen LogP contribution in [0.4, 0.5) is 10.8 Å². The molecule has 0 saturated carbocycles. The van der Waals surface area contributed by atoms with Crippen molar-refractivity contribution in [3.05, 3.63) is 34.6 Å². The van der Waals surface area contributed by atoms with Gasteiger partial charge in [0.05, 0.1) is 24.5 Å². The Bertz CT molecular complexity index is 800. The van der Waals surface area contributed by atoms with Gasteiger partial charge in [-0.15, -0.1) is 11.3 Å². The van der Waals surface area contributed by atoms with Crippen LogP contribution in [0.25, 0.3) is 0 Å². The number of ether oxygens (including phenoxy) is 1. The summed E-state index contributed by atoms with van der Waals surface area (Å²) in [5.74, 6) is -0.296. The van der Waals surface area contributed by atoms with E-state index in [1.807, 2.05) is 31.4 Å². The van der Waals surface area contributed by atoms with Crippen molar-refractivity contribution in [1.82, 2.24) is 14.9 Å². The van der Waals surface area contributed by atoms with E-state index in [2.05, 4.69) is 15.3 Å². The second-order valence-corrected chi connectivity index (χ2v) is 7.87. The van der Waals surface area contributed by atoms with Crippen LogP contribution in [0.15, 0.2) is 17.5 Å². The molecule has 0 radical (unpaired) electrons. The van der Waals surface area contributed by atoms with Gasteiger partial charge in [-0.3, -0.25) is 9.78 Å². The van der Waals surface area contributed by atoms with E-state index in [1.54, 1.807) is 16.2 Å². The molecule has 140 valence electrons. The van der Waals surface area contributed by atoms with Crippen LogP contribution in [-0.4, -0.2) is 51.2 Å². The van der Waals surface area contributed by atoms with E-state index in [0.717, 1.165) is 27.9 Å². The number of carbonyl (C=O) groups excluding carboxylic acids is 1. The number of aryl methyl sites for hydroxylation is 2. The number of nitrogens with zero attached hydrogens (tertiary/aromatic N) is 3. The third kappa shape index (κ3) is 4.38. The fourth-order valence-electron chi connectivity index (χ4n) is 2.87. The average molecular weight is 376 g/mol. The molecule has 1 atom stereocenters. The topological polar surface area (TPSA) is 87.6 Å². The normalized spacial score (nSPS) is 18.0. The van der Waals surface area contributed by atoms with Gasteiger partial charge in [0.2, 0.25) is 0 Å². The van der Waals surface area contributed by atoms with Gasteiger partial charge < -0.3 is 20.1 Å².